The normalized spacial score (nSPS) is 12.8. The average molecular weight is 345 g/mol. The highest BCUT2D eigenvalue weighted by atomic mass is 32.1. The Morgan fingerprint density at radius 2 is 2.22 bits per heavy atom. The van der Waals surface area contributed by atoms with Crippen LogP contribution in [0.1, 0.15) is 25.9 Å². The molecule has 23 heavy (non-hydrogen) atoms. The Labute approximate surface area is 141 Å². The van der Waals surface area contributed by atoms with E-state index >= 15 is 0 Å². The van der Waals surface area contributed by atoms with Crippen LogP contribution >= 0.6 is 22.7 Å². The number of aryl methyl sites for hydroxylation is 3. The van der Waals surface area contributed by atoms with Crippen LogP contribution in [-0.4, -0.2) is 32.7 Å². The van der Waals surface area contributed by atoms with Gasteiger partial charge in [0.15, 0.2) is 5.13 Å². The number of hydrogen-bond acceptors (Lipinski definition) is 6. The predicted molar refractivity (Wildman–Crippen MR) is 91.3 cm³/mol. The molecule has 0 aromatic carbocycles. The highest BCUT2D eigenvalue weighted by Gasteiger charge is 2.27. The molecule has 0 saturated carbocycles. The molecular weight excluding hydrogens is 330 g/mol. The van der Waals surface area contributed by atoms with Crippen molar-refractivity contribution < 1.29 is 4.79 Å². The number of carbonyl (C=O) groups excluding carboxylic acids is 1. The van der Waals surface area contributed by atoms with Crippen molar-refractivity contribution in [3.05, 3.63) is 32.8 Å². The van der Waals surface area contributed by atoms with Crippen LogP contribution in [0.15, 0.2) is 11.7 Å². The van der Waals surface area contributed by atoms with E-state index in [1.165, 1.54) is 21.9 Å². The summed E-state index contributed by atoms with van der Waals surface area (Å²) in [5.41, 5.74) is 5.74. The fourth-order valence-electron chi connectivity index (χ4n) is 2.80. The van der Waals surface area contributed by atoms with Crippen molar-refractivity contribution in [1.82, 2.24) is 19.7 Å². The van der Waals surface area contributed by atoms with E-state index < -0.39 is 0 Å². The highest BCUT2D eigenvalue weighted by molar-refractivity contribution is 7.16. The van der Waals surface area contributed by atoms with E-state index in [2.05, 4.69) is 10.1 Å². The quantitative estimate of drug-likeness (QED) is 0.716. The summed E-state index contributed by atoms with van der Waals surface area (Å²) < 4.78 is 1.91. The van der Waals surface area contributed by atoms with Crippen molar-refractivity contribution >= 4 is 33.7 Å². The first-order chi connectivity index (χ1) is 11.1. The molecule has 0 N–H and O–H groups in total. The number of anilines is 1. The van der Waals surface area contributed by atoms with Gasteiger partial charge in [0, 0.05) is 30.2 Å². The molecule has 6 nitrogen and oxygen atoms in total. The van der Waals surface area contributed by atoms with Gasteiger partial charge in [0.05, 0.1) is 23.1 Å². The Hall–Kier alpha value is -2.06. The maximum atomic E-state index is 12.6. The summed E-state index contributed by atoms with van der Waals surface area (Å²) in [6.07, 6.45) is 3.78. The molecule has 3 aromatic heterocycles. The van der Waals surface area contributed by atoms with E-state index in [-0.39, 0.29) is 5.91 Å². The molecule has 3 heterocycles. The molecule has 1 amide bonds. The largest absolute Gasteiger partial charge is 0.286 e. The molecule has 0 fully saturated rings. The van der Waals surface area contributed by atoms with Gasteiger partial charge < -0.3 is 0 Å². The summed E-state index contributed by atoms with van der Waals surface area (Å²) in [7, 11) is 3.73. The summed E-state index contributed by atoms with van der Waals surface area (Å²) in [6, 6.07) is 0. The molecule has 0 atom stereocenters. The first-order valence-corrected chi connectivity index (χ1v) is 8.95. The fraction of sp³-hybridized carbons (Fsp3) is 0.333. The van der Waals surface area contributed by atoms with Crippen molar-refractivity contribution in [2.24, 2.45) is 7.05 Å². The Kier molecular flexibility index (Phi) is 3.31. The molecule has 0 bridgehead atoms. The van der Waals surface area contributed by atoms with Crippen LogP contribution in [0.3, 0.4) is 0 Å². The summed E-state index contributed by atoms with van der Waals surface area (Å²) in [4.78, 5) is 25.0. The molecule has 3 aromatic rings. The van der Waals surface area contributed by atoms with E-state index in [9.17, 15) is 4.79 Å². The zero-order valence-electron chi connectivity index (χ0n) is 13.0. The second kappa shape index (κ2) is 5.24. The summed E-state index contributed by atoms with van der Waals surface area (Å²) in [6.45, 7) is 1.85. The molecule has 1 aliphatic rings. The SMILES string of the molecule is Cc1ncsc1C(=O)N(C)c1nc2c(s1)CCc1c-2cnn1C. The predicted octanol–water partition coefficient (Wildman–Crippen LogP) is 2.68. The van der Waals surface area contributed by atoms with Crippen LogP contribution in [0.4, 0.5) is 5.13 Å². The number of nitrogens with zero attached hydrogens (tertiary/aromatic N) is 5. The van der Waals surface area contributed by atoms with Crippen molar-refractivity contribution in [2.45, 2.75) is 19.8 Å². The molecule has 0 spiro atoms. The number of rotatable bonds is 2. The minimum absolute atomic E-state index is 0.0532. The minimum Gasteiger partial charge on any atom is -0.286 e. The van der Waals surface area contributed by atoms with Crippen LogP contribution in [0.5, 0.6) is 0 Å². The van der Waals surface area contributed by atoms with Gasteiger partial charge in [0.1, 0.15) is 4.88 Å². The number of fused-ring (bicyclic) bond motifs is 3. The Morgan fingerprint density at radius 3 is 2.96 bits per heavy atom. The molecule has 1 aliphatic carbocycles. The van der Waals surface area contributed by atoms with E-state index in [1.54, 1.807) is 28.8 Å². The number of hydrogen-bond donors (Lipinski definition) is 0. The summed E-state index contributed by atoms with van der Waals surface area (Å²) >= 11 is 2.96. The van der Waals surface area contributed by atoms with Gasteiger partial charge in [0.2, 0.25) is 0 Å². The van der Waals surface area contributed by atoms with E-state index in [0.717, 1.165) is 34.9 Å². The van der Waals surface area contributed by atoms with Gasteiger partial charge in [-0.3, -0.25) is 14.4 Å². The topological polar surface area (TPSA) is 63.9 Å². The van der Waals surface area contributed by atoms with Crippen molar-refractivity contribution in [2.75, 3.05) is 11.9 Å². The fourth-order valence-corrected chi connectivity index (χ4v) is 4.61. The third kappa shape index (κ3) is 2.21. The van der Waals surface area contributed by atoms with E-state index in [0.29, 0.717) is 4.88 Å². The Bertz CT molecular complexity index is 907. The smallest absolute Gasteiger partial charge is 0.271 e. The molecule has 8 heteroatoms. The average Bonchev–Trinajstić information content (AvgIpc) is 3.23. The number of thiazole rings is 2. The Balaban J connectivity index is 1.71. The van der Waals surface area contributed by atoms with Gasteiger partial charge in [0.25, 0.3) is 5.91 Å². The molecule has 0 unspecified atom stereocenters. The second-order valence-electron chi connectivity index (χ2n) is 5.53. The van der Waals surface area contributed by atoms with Gasteiger partial charge in [-0.1, -0.05) is 0 Å². The molecule has 0 aliphatic heterocycles. The maximum Gasteiger partial charge on any atom is 0.271 e. The third-order valence-corrected chi connectivity index (χ3v) is 6.23. The molecule has 0 radical (unpaired) electrons. The standard InChI is InChI=1S/C15H15N5OS2/c1-8-13(22-7-16-8)14(21)19(2)15-18-12-9-6-17-20(3)10(9)4-5-11(12)23-15/h6-7H,4-5H2,1-3H3. The van der Waals surface area contributed by atoms with Crippen LogP contribution in [0.2, 0.25) is 0 Å². The molecule has 118 valence electrons. The minimum atomic E-state index is -0.0532. The molecule has 4 rings (SSSR count). The van der Waals surface area contributed by atoms with Crippen molar-refractivity contribution in [1.29, 1.82) is 0 Å². The van der Waals surface area contributed by atoms with Gasteiger partial charge in [-0.15, -0.1) is 22.7 Å². The Morgan fingerprint density at radius 1 is 1.39 bits per heavy atom. The van der Waals surface area contributed by atoms with E-state index in [4.69, 9.17) is 4.98 Å². The summed E-state index contributed by atoms with van der Waals surface area (Å²) in [5.74, 6) is -0.0532. The van der Waals surface area contributed by atoms with Crippen molar-refractivity contribution in [3.63, 3.8) is 0 Å². The molecule has 0 saturated heterocycles. The lowest BCUT2D eigenvalue weighted by Gasteiger charge is -2.12. The van der Waals surface area contributed by atoms with Crippen LogP contribution < -0.4 is 4.90 Å². The van der Waals surface area contributed by atoms with Crippen LogP contribution in [-0.2, 0) is 19.9 Å². The van der Waals surface area contributed by atoms with Crippen LogP contribution in [0, 0.1) is 6.92 Å². The molecular formula is C15H15N5OS2. The van der Waals surface area contributed by atoms with Gasteiger partial charge in [-0.25, -0.2) is 9.97 Å². The van der Waals surface area contributed by atoms with Gasteiger partial charge >= 0.3 is 0 Å². The van der Waals surface area contributed by atoms with Crippen LogP contribution in [0.25, 0.3) is 11.3 Å². The number of amides is 1. The van der Waals surface area contributed by atoms with Gasteiger partial charge in [-0.2, -0.15) is 5.10 Å². The third-order valence-electron chi connectivity index (χ3n) is 4.12. The lowest BCUT2D eigenvalue weighted by Crippen LogP contribution is -2.25. The number of carbonyl (C=O) groups is 1. The van der Waals surface area contributed by atoms with Gasteiger partial charge in [-0.05, 0) is 19.8 Å². The number of aromatic nitrogens is 4. The highest BCUT2D eigenvalue weighted by Crippen LogP contribution is 2.39. The first kappa shape index (κ1) is 14.5. The zero-order valence-corrected chi connectivity index (χ0v) is 14.7. The van der Waals surface area contributed by atoms with Crippen molar-refractivity contribution in [3.8, 4) is 11.3 Å². The maximum absolute atomic E-state index is 12.6. The monoisotopic (exact) mass is 345 g/mol. The zero-order chi connectivity index (χ0) is 16.1. The lowest BCUT2D eigenvalue weighted by atomic mass is 10.0. The lowest BCUT2D eigenvalue weighted by molar-refractivity contribution is 0.0996. The second-order valence-corrected chi connectivity index (χ2v) is 7.44. The van der Waals surface area contributed by atoms with E-state index in [1.807, 2.05) is 24.9 Å². The first-order valence-electron chi connectivity index (χ1n) is 7.25. The summed E-state index contributed by atoms with van der Waals surface area (Å²) in [5, 5.41) is 5.06.